The highest BCUT2D eigenvalue weighted by Crippen LogP contribution is 2.78. The first-order valence-electron chi connectivity index (χ1n) is 11.9. The van der Waals surface area contributed by atoms with Crippen molar-refractivity contribution >= 4 is 23.7 Å². The number of benzene rings is 2. The molecule has 0 radical (unpaired) electrons. The molecule has 1 aliphatic heterocycles. The molecule has 184 valence electrons. The fraction of sp³-hybridized carbons (Fsp3) is 0.464. The lowest BCUT2D eigenvalue weighted by atomic mass is 9.46. The van der Waals surface area contributed by atoms with E-state index in [1.165, 1.54) is 14.2 Å². The van der Waals surface area contributed by atoms with Crippen molar-refractivity contribution < 1.29 is 28.6 Å². The molecule has 7 nitrogen and oxygen atoms in total. The van der Waals surface area contributed by atoms with E-state index in [0.717, 1.165) is 16.8 Å². The Kier molecular flexibility index (Phi) is 5.06. The van der Waals surface area contributed by atoms with Gasteiger partial charge in [-0.15, -0.1) is 0 Å². The fourth-order valence-electron chi connectivity index (χ4n) is 7.07. The van der Waals surface area contributed by atoms with Gasteiger partial charge in [0.2, 0.25) is 0 Å². The summed E-state index contributed by atoms with van der Waals surface area (Å²) >= 11 is 0. The van der Waals surface area contributed by atoms with Gasteiger partial charge in [-0.05, 0) is 63.1 Å². The van der Waals surface area contributed by atoms with Gasteiger partial charge in [-0.25, -0.2) is 4.79 Å². The molecule has 7 heteroatoms. The number of hydrogen-bond donors (Lipinski definition) is 0. The van der Waals surface area contributed by atoms with Gasteiger partial charge in [0.05, 0.1) is 25.4 Å². The van der Waals surface area contributed by atoms with E-state index in [2.05, 4.69) is 0 Å². The standard InChI is InChI=1S/C28H31NO6/c1-25(2,3)35-24(32)29-21-14-10-9-13-20(21)27-17-26(22(30)33-4,23(31)34-5)15-19(27)16-28(27,29)18-11-7-6-8-12-18/h6-14,19H,15-17H2,1-5H3/t19-,27-,28+/m1/s1. The van der Waals surface area contributed by atoms with Crippen molar-refractivity contribution in [3.63, 3.8) is 0 Å². The van der Waals surface area contributed by atoms with Crippen LogP contribution in [0.15, 0.2) is 54.6 Å². The SMILES string of the molecule is COC(=O)C1(C(=O)OC)C[C@@H]2C[C@@]3(c4ccccc4)N(C(=O)OC(C)(C)C)c4ccccc4[C@@]23C1. The smallest absolute Gasteiger partial charge is 0.415 e. The van der Waals surface area contributed by atoms with Crippen LogP contribution in [0.1, 0.15) is 51.2 Å². The average Bonchev–Trinajstić information content (AvgIpc) is 3.22. The van der Waals surface area contributed by atoms with Crippen LogP contribution in [0.25, 0.3) is 0 Å². The van der Waals surface area contributed by atoms with E-state index in [-0.39, 0.29) is 12.3 Å². The van der Waals surface area contributed by atoms with Gasteiger partial charge in [0.25, 0.3) is 0 Å². The van der Waals surface area contributed by atoms with E-state index in [0.29, 0.717) is 12.8 Å². The number of rotatable bonds is 3. The molecule has 2 fully saturated rings. The molecular formula is C28H31NO6. The van der Waals surface area contributed by atoms with Crippen LogP contribution in [-0.4, -0.2) is 37.9 Å². The summed E-state index contributed by atoms with van der Waals surface area (Å²) < 4.78 is 16.2. The van der Waals surface area contributed by atoms with E-state index in [4.69, 9.17) is 14.2 Å². The van der Waals surface area contributed by atoms with Gasteiger partial charge in [0, 0.05) is 5.41 Å². The topological polar surface area (TPSA) is 82.1 Å². The predicted octanol–water partition coefficient (Wildman–Crippen LogP) is 4.72. The van der Waals surface area contributed by atoms with E-state index in [1.54, 1.807) is 4.90 Å². The number of nitrogens with zero attached hydrogens (tertiary/aromatic N) is 1. The summed E-state index contributed by atoms with van der Waals surface area (Å²) in [6.45, 7) is 5.53. The van der Waals surface area contributed by atoms with Gasteiger partial charge in [-0.1, -0.05) is 48.5 Å². The predicted molar refractivity (Wildman–Crippen MR) is 129 cm³/mol. The van der Waals surface area contributed by atoms with Crippen LogP contribution >= 0.6 is 0 Å². The molecule has 1 amide bonds. The number of carbonyl (C=O) groups is 3. The molecule has 1 spiro atoms. The minimum atomic E-state index is -1.44. The summed E-state index contributed by atoms with van der Waals surface area (Å²) in [6, 6.07) is 17.6. The lowest BCUT2D eigenvalue weighted by Crippen LogP contribution is -2.67. The Labute approximate surface area is 205 Å². The third kappa shape index (κ3) is 2.87. The Bertz CT molecular complexity index is 1190. The van der Waals surface area contributed by atoms with Gasteiger partial charge >= 0.3 is 18.0 Å². The maximum Gasteiger partial charge on any atom is 0.415 e. The number of hydrogen-bond acceptors (Lipinski definition) is 6. The molecule has 0 saturated heterocycles. The lowest BCUT2D eigenvalue weighted by Gasteiger charge is -2.61. The Balaban J connectivity index is 1.77. The van der Waals surface area contributed by atoms with Crippen LogP contribution in [0.3, 0.4) is 0 Å². The van der Waals surface area contributed by atoms with Gasteiger partial charge in [0.1, 0.15) is 5.60 Å². The number of anilines is 1. The Morgan fingerprint density at radius 1 is 0.886 bits per heavy atom. The van der Waals surface area contributed by atoms with Crippen LogP contribution in [0.5, 0.6) is 0 Å². The molecule has 2 aromatic carbocycles. The Morgan fingerprint density at radius 3 is 2.09 bits per heavy atom. The second kappa shape index (κ2) is 7.57. The van der Waals surface area contributed by atoms with Crippen LogP contribution in [0.2, 0.25) is 0 Å². The zero-order valence-corrected chi connectivity index (χ0v) is 20.8. The van der Waals surface area contributed by atoms with Gasteiger partial charge < -0.3 is 14.2 Å². The quantitative estimate of drug-likeness (QED) is 0.361. The van der Waals surface area contributed by atoms with Crippen molar-refractivity contribution in [3.8, 4) is 0 Å². The van der Waals surface area contributed by atoms with E-state index >= 15 is 0 Å². The zero-order chi connectivity index (χ0) is 25.2. The molecule has 2 aromatic rings. The molecule has 0 bridgehead atoms. The van der Waals surface area contributed by atoms with Crippen molar-refractivity contribution in [3.05, 3.63) is 65.7 Å². The van der Waals surface area contributed by atoms with Crippen LogP contribution in [0.4, 0.5) is 10.5 Å². The molecule has 0 N–H and O–H groups in total. The second-order valence-corrected chi connectivity index (χ2v) is 10.9. The average molecular weight is 478 g/mol. The molecule has 2 aliphatic carbocycles. The summed E-state index contributed by atoms with van der Waals surface area (Å²) in [5, 5.41) is 0. The highest BCUT2D eigenvalue weighted by Gasteiger charge is 2.81. The zero-order valence-electron chi connectivity index (χ0n) is 20.8. The molecule has 3 atom stereocenters. The number of amides is 1. The highest BCUT2D eigenvalue weighted by molar-refractivity contribution is 6.02. The number of para-hydroxylation sites is 1. The van der Waals surface area contributed by atoms with E-state index in [9.17, 15) is 14.4 Å². The van der Waals surface area contributed by atoms with Crippen molar-refractivity contribution in [1.82, 2.24) is 0 Å². The van der Waals surface area contributed by atoms with Crippen molar-refractivity contribution in [2.75, 3.05) is 19.1 Å². The third-order valence-corrected chi connectivity index (χ3v) is 8.14. The lowest BCUT2D eigenvalue weighted by molar-refractivity contribution is -0.169. The third-order valence-electron chi connectivity index (χ3n) is 8.14. The van der Waals surface area contributed by atoms with Crippen molar-refractivity contribution in [1.29, 1.82) is 0 Å². The van der Waals surface area contributed by atoms with E-state index in [1.807, 2.05) is 75.4 Å². The second-order valence-electron chi connectivity index (χ2n) is 10.9. The first kappa shape index (κ1) is 23.4. The molecule has 3 aliphatic rings. The molecule has 0 aromatic heterocycles. The maximum atomic E-state index is 13.8. The molecule has 1 heterocycles. The number of carbonyl (C=O) groups excluding carboxylic acids is 3. The molecule has 5 rings (SSSR count). The van der Waals surface area contributed by atoms with Gasteiger partial charge in [-0.3, -0.25) is 14.5 Å². The molecular weight excluding hydrogens is 446 g/mol. The normalized spacial score (nSPS) is 27.7. The summed E-state index contributed by atoms with van der Waals surface area (Å²) in [5.74, 6) is -1.22. The van der Waals surface area contributed by atoms with Crippen LogP contribution < -0.4 is 4.90 Å². The molecule has 2 saturated carbocycles. The monoisotopic (exact) mass is 477 g/mol. The van der Waals surface area contributed by atoms with Crippen molar-refractivity contribution in [2.45, 2.75) is 56.6 Å². The summed E-state index contributed by atoms with van der Waals surface area (Å²) in [4.78, 5) is 41.9. The highest BCUT2D eigenvalue weighted by atomic mass is 16.6. The first-order chi connectivity index (χ1) is 16.6. The summed E-state index contributed by atoms with van der Waals surface area (Å²) in [7, 11) is 2.59. The molecule has 0 unspecified atom stereocenters. The van der Waals surface area contributed by atoms with Gasteiger partial charge in [-0.2, -0.15) is 0 Å². The number of fused-ring (bicyclic) bond motifs is 1. The first-order valence-corrected chi connectivity index (χ1v) is 11.9. The van der Waals surface area contributed by atoms with E-state index < -0.39 is 40.0 Å². The number of methoxy groups -OCH3 is 2. The summed E-state index contributed by atoms with van der Waals surface area (Å²) in [6.07, 6.45) is 0.630. The molecule has 35 heavy (non-hydrogen) atoms. The van der Waals surface area contributed by atoms with Gasteiger partial charge in [0.15, 0.2) is 5.41 Å². The minimum Gasteiger partial charge on any atom is -0.468 e. The largest absolute Gasteiger partial charge is 0.468 e. The van der Waals surface area contributed by atoms with Crippen molar-refractivity contribution in [2.24, 2.45) is 11.3 Å². The Morgan fingerprint density at radius 2 is 1.49 bits per heavy atom. The Hall–Kier alpha value is -3.35. The van der Waals surface area contributed by atoms with Crippen LogP contribution in [-0.2, 0) is 34.8 Å². The number of ether oxygens (including phenoxy) is 3. The fourth-order valence-corrected chi connectivity index (χ4v) is 7.07. The van der Waals surface area contributed by atoms with Crippen LogP contribution in [0, 0.1) is 11.3 Å². The maximum absolute atomic E-state index is 13.8. The number of esters is 2. The summed E-state index contributed by atoms with van der Waals surface area (Å²) in [5.41, 5.74) is -0.982. The minimum absolute atomic E-state index is 0.0329.